The molecule has 0 aliphatic heterocycles. The van der Waals surface area contributed by atoms with Crippen molar-refractivity contribution in [3.63, 3.8) is 0 Å². The summed E-state index contributed by atoms with van der Waals surface area (Å²) in [7, 11) is -0.649. The van der Waals surface area contributed by atoms with Crippen molar-refractivity contribution in [1.29, 1.82) is 5.26 Å². The van der Waals surface area contributed by atoms with Crippen molar-refractivity contribution in [2.75, 3.05) is 11.8 Å². The maximum absolute atomic E-state index is 11.7. The van der Waals surface area contributed by atoms with Gasteiger partial charge in [-0.05, 0) is 6.42 Å². The number of nitriles is 1. The van der Waals surface area contributed by atoms with Crippen LogP contribution < -0.4 is 9.46 Å². The Morgan fingerprint density at radius 2 is 2.35 bits per heavy atom. The molecule has 8 heteroatoms. The van der Waals surface area contributed by atoms with Gasteiger partial charge in [0.1, 0.15) is 0 Å². The molecule has 1 unspecified atom stereocenters. The van der Waals surface area contributed by atoms with Crippen molar-refractivity contribution < 1.29 is 13.2 Å². The Bertz CT molecular complexity index is 529. The highest BCUT2D eigenvalue weighted by Gasteiger charge is 2.24. The van der Waals surface area contributed by atoms with E-state index in [-0.39, 0.29) is 12.2 Å². The van der Waals surface area contributed by atoms with E-state index >= 15 is 0 Å². The van der Waals surface area contributed by atoms with Crippen molar-refractivity contribution in [3.05, 3.63) is 6.07 Å². The van der Waals surface area contributed by atoms with Crippen molar-refractivity contribution in [1.82, 2.24) is 9.78 Å². The third kappa shape index (κ3) is 2.88. The first-order chi connectivity index (χ1) is 7.94. The maximum Gasteiger partial charge on any atom is 0.250 e. The molecule has 0 aromatic carbocycles. The summed E-state index contributed by atoms with van der Waals surface area (Å²) in [5.74, 6) is 0.561. The second-order valence-corrected chi connectivity index (χ2v) is 5.23. The van der Waals surface area contributed by atoms with Crippen LogP contribution in [0.4, 0.5) is 5.82 Å². The standard InChI is InChI=1S/C9H14N4O3S/c1-4-7(6-10)17(14,15)12-8-5-9(16-3)13(2)11-8/h5,7H,4H2,1-3H3,(H,11,12). The van der Waals surface area contributed by atoms with Crippen LogP contribution in [0.15, 0.2) is 6.07 Å². The lowest BCUT2D eigenvalue weighted by Crippen LogP contribution is -2.26. The number of anilines is 1. The Morgan fingerprint density at radius 3 is 2.76 bits per heavy atom. The lowest BCUT2D eigenvalue weighted by Gasteiger charge is -2.08. The van der Waals surface area contributed by atoms with Gasteiger partial charge in [0, 0.05) is 13.1 Å². The lowest BCUT2D eigenvalue weighted by atomic mass is 10.4. The maximum atomic E-state index is 11.7. The van der Waals surface area contributed by atoms with Gasteiger partial charge in [0.05, 0.1) is 13.2 Å². The van der Waals surface area contributed by atoms with E-state index < -0.39 is 15.3 Å². The van der Waals surface area contributed by atoms with Crippen LogP contribution in [0, 0.1) is 11.3 Å². The van der Waals surface area contributed by atoms with Crippen molar-refractivity contribution in [3.8, 4) is 11.9 Å². The third-order valence-electron chi connectivity index (χ3n) is 2.18. The highest BCUT2D eigenvalue weighted by molar-refractivity contribution is 7.93. The van der Waals surface area contributed by atoms with E-state index in [4.69, 9.17) is 10.00 Å². The average molecular weight is 258 g/mol. The van der Waals surface area contributed by atoms with Crippen molar-refractivity contribution in [2.24, 2.45) is 7.05 Å². The predicted molar refractivity (Wildman–Crippen MR) is 62.0 cm³/mol. The molecule has 94 valence electrons. The summed E-state index contributed by atoms with van der Waals surface area (Å²) < 4.78 is 32.1. The van der Waals surface area contributed by atoms with Gasteiger partial charge in [-0.2, -0.15) is 10.4 Å². The van der Waals surface area contributed by atoms with Gasteiger partial charge < -0.3 is 4.74 Å². The molecule has 1 N–H and O–H groups in total. The van der Waals surface area contributed by atoms with Crippen LogP contribution >= 0.6 is 0 Å². The van der Waals surface area contributed by atoms with Crippen LogP contribution in [0.5, 0.6) is 5.88 Å². The van der Waals surface area contributed by atoms with E-state index in [0.29, 0.717) is 5.88 Å². The fourth-order valence-corrected chi connectivity index (χ4v) is 2.40. The predicted octanol–water partition coefficient (Wildman–Crippen LogP) is 0.473. The zero-order chi connectivity index (χ0) is 13.1. The highest BCUT2D eigenvalue weighted by Crippen LogP contribution is 2.18. The molecular weight excluding hydrogens is 244 g/mol. The van der Waals surface area contributed by atoms with Gasteiger partial charge in [-0.3, -0.25) is 4.72 Å². The molecule has 1 rings (SSSR count). The van der Waals surface area contributed by atoms with Crippen LogP contribution in [-0.4, -0.2) is 30.6 Å². The summed E-state index contributed by atoms with van der Waals surface area (Å²) in [6.45, 7) is 1.63. The summed E-state index contributed by atoms with van der Waals surface area (Å²) in [5, 5.41) is 11.5. The summed E-state index contributed by atoms with van der Waals surface area (Å²) in [6, 6.07) is 3.18. The van der Waals surface area contributed by atoms with Gasteiger partial charge in [0.2, 0.25) is 15.9 Å². The van der Waals surface area contributed by atoms with Gasteiger partial charge in [-0.1, -0.05) is 6.92 Å². The number of methoxy groups -OCH3 is 1. The molecule has 0 bridgehead atoms. The van der Waals surface area contributed by atoms with Crippen molar-refractivity contribution >= 4 is 15.8 Å². The topological polar surface area (TPSA) is 97.0 Å². The zero-order valence-electron chi connectivity index (χ0n) is 9.84. The van der Waals surface area contributed by atoms with Crippen molar-refractivity contribution in [2.45, 2.75) is 18.6 Å². The molecule has 1 aromatic heterocycles. The number of ether oxygens (including phenoxy) is 1. The summed E-state index contributed by atoms with van der Waals surface area (Å²) in [4.78, 5) is 0. The smallest absolute Gasteiger partial charge is 0.250 e. The molecule has 0 saturated carbocycles. The number of hydrogen-bond acceptors (Lipinski definition) is 5. The molecule has 1 aromatic rings. The second-order valence-electron chi connectivity index (χ2n) is 3.37. The Balaban J connectivity index is 2.94. The van der Waals surface area contributed by atoms with E-state index in [1.807, 2.05) is 0 Å². The Kier molecular flexibility index (Phi) is 3.96. The fraction of sp³-hybridized carbons (Fsp3) is 0.556. The monoisotopic (exact) mass is 258 g/mol. The molecule has 0 aliphatic rings. The first-order valence-corrected chi connectivity index (χ1v) is 6.48. The zero-order valence-corrected chi connectivity index (χ0v) is 10.7. The van der Waals surface area contributed by atoms with Crippen LogP contribution in [0.1, 0.15) is 13.3 Å². The molecule has 0 fully saturated rings. The fourth-order valence-electron chi connectivity index (χ4n) is 1.29. The Labute approximate surface area is 100 Å². The molecule has 7 nitrogen and oxygen atoms in total. The third-order valence-corrected chi connectivity index (χ3v) is 3.86. The van der Waals surface area contributed by atoms with Crippen LogP contribution in [-0.2, 0) is 17.1 Å². The normalized spacial score (nSPS) is 12.8. The highest BCUT2D eigenvalue weighted by atomic mass is 32.2. The van der Waals surface area contributed by atoms with E-state index in [0.717, 1.165) is 0 Å². The van der Waals surface area contributed by atoms with E-state index in [1.54, 1.807) is 20.0 Å². The molecule has 17 heavy (non-hydrogen) atoms. The minimum absolute atomic E-state index is 0.137. The minimum Gasteiger partial charge on any atom is -0.481 e. The lowest BCUT2D eigenvalue weighted by molar-refractivity contribution is 0.373. The average Bonchev–Trinajstić information content (AvgIpc) is 2.59. The summed E-state index contributed by atoms with van der Waals surface area (Å²) >= 11 is 0. The minimum atomic E-state index is -3.73. The number of nitrogens with zero attached hydrogens (tertiary/aromatic N) is 3. The van der Waals surface area contributed by atoms with Crippen LogP contribution in [0.2, 0.25) is 0 Å². The number of aromatic nitrogens is 2. The van der Waals surface area contributed by atoms with Gasteiger partial charge in [0.25, 0.3) is 0 Å². The first kappa shape index (κ1) is 13.3. The second kappa shape index (κ2) is 5.05. The summed E-state index contributed by atoms with van der Waals surface area (Å²) in [6.07, 6.45) is 0.218. The molecule has 1 heterocycles. The SMILES string of the molecule is CCC(C#N)S(=O)(=O)Nc1cc(OC)n(C)n1. The van der Waals surface area contributed by atoms with Gasteiger partial charge in [0.15, 0.2) is 11.1 Å². The number of sulfonamides is 1. The quantitative estimate of drug-likeness (QED) is 0.828. The molecule has 0 amide bonds. The number of rotatable bonds is 5. The Morgan fingerprint density at radius 1 is 1.71 bits per heavy atom. The molecule has 0 radical (unpaired) electrons. The number of nitrogens with one attached hydrogen (secondary N) is 1. The van der Waals surface area contributed by atoms with E-state index in [1.165, 1.54) is 17.9 Å². The van der Waals surface area contributed by atoms with Crippen LogP contribution in [0.3, 0.4) is 0 Å². The Hall–Kier alpha value is -1.75. The number of hydrogen-bond donors (Lipinski definition) is 1. The molecule has 1 atom stereocenters. The largest absolute Gasteiger partial charge is 0.481 e. The van der Waals surface area contributed by atoms with Crippen LogP contribution in [0.25, 0.3) is 0 Å². The van der Waals surface area contributed by atoms with Gasteiger partial charge in [-0.15, -0.1) is 0 Å². The first-order valence-electron chi connectivity index (χ1n) is 4.93. The molecule has 0 aliphatic carbocycles. The van der Waals surface area contributed by atoms with Gasteiger partial charge in [-0.25, -0.2) is 13.1 Å². The van der Waals surface area contributed by atoms with Gasteiger partial charge >= 0.3 is 0 Å². The molecular formula is C9H14N4O3S. The van der Waals surface area contributed by atoms with E-state index in [9.17, 15) is 8.42 Å². The summed E-state index contributed by atoms with van der Waals surface area (Å²) in [5.41, 5.74) is 0. The van der Waals surface area contributed by atoms with E-state index in [2.05, 4.69) is 9.82 Å². The number of aryl methyl sites for hydroxylation is 1. The molecule has 0 spiro atoms. The molecule has 0 saturated heterocycles.